The van der Waals surface area contributed by atoms with Crippen LogP contribution in [-0.2, 0) is 4.74 Å². The molecule has 0 amide bonds. The highest BCUT2D eigenvalue weighted by Crippen LogP contribution is 2.30. The second-order valence-electron chi connectivity index (χ2n) is 8.36. The lowest BCUT2D eigenvalue weighted by molar-refractivity contribution is -0.919. The summed E-state index contributed by atoms with van der Waals surface area (Å²) >= 11 is 0. The van der Waals surface area contributed by atoms with Gasteiger partial charge in [0.15, 0.2) is 0 Å². The average Bonchev–Trinajstić information content (AvgIpc) is 2.46. The van der Waals surface area contributed by atoms with Crippen molar-refractivity contribution in [2.45, 2.75) is 65.5 Å². The van der Waals surface area contributed by atoms with Gasteiger partial charge in [0.05, 0.1) is 25.7 Å². The number of likely N-dealkylation sites (N-methyl/N-ethyl adjacent to an activating group) is 1. The molecule has 0 spiro atoms. The van der Waals surface area contributed by atoms with Crippen LogP contribution >= 0.6 is 0 Å². The first-order valence-electron chi connectivity index (χ1n) is 9.30. The third-order valence-corrected chi connectivity index (χ3v) is 5.70. The molecule has 3 nitrogen and oxygen atoms in total. The van der Waals surface area contributed by atoms with Crippen molar-refractivity contribution < 1.29 is 14.0 Å². The number of quaternary nitrogens is 1. The quantitative estimate of drug-likeness (QED) is 0.586. The van der Waals surface area contributed by atoms with Gasteiger partial charge in [-0.05, 0) is 63.5 Å². The van der Waals surface area contributed by atoms with Crippen molar-refractivity contribution in [1.82, 2.24) is 0 Å². The molecule has 0 aromatic heterocycles. The Balaban J connectivity index is 1.97. The Morgan fingerprint density at radius 3 is 2.25 bits per heavy atom. The van der Waals surface area contributed by atoms with Crippen molar-refractivity contribution in [3.63, 3.8) is 0 Å². The second-order valence-corrected chi connectivity index (χ2v) is 8.36. The third kappa shape index (κ3) is 4.60. The Morgan fingerprint density at radius 2 is 1.71 bits per heavy atom. The monoisotopic (exact) mass is 332 g/mol. The zero-order valence-corrected chi connectivity index (χ0v) is 16.3. The fourth-order valence-corrected chi connectivity index (χ4v) is 4.17. The summed E-state index contributed by atoms with van der Waals surface area (Å²) in [5.74, 6) is 0.677. The Hall–Kier alpha value is -1.35. The van der Waals surface area contributed by atoms with Crippen molar-refractivity contribution in [2.75, 3.05) is 20.6 Å². The summed E-state index contributed by atoms with van der Waals surface area (Å²) in [5.41, 5.74) is 2.70. The molecule has 0 bridgehead atoms. The number of esters is 1. The van der Waals surface area contributed by atoms with Crippen LogP contribution < -0.4 is 0 Å². The minimum atomic E-state index is -0.185. The topological polar surface area (TPSA) is 26.3 Å². The zero-order chi connectivity index (χ0) is 17.9. The minimum Gasteiger partial charge on any atom is -0.453 e. The van der Waals surface area contributed by atoms with Crippen LogP contribution in [0.3, 0.4) is 0 Å². The summed E-state index contributed by atoms with van der Waals surface area (Å²) in [7, 11) is 4.56. The first-order valence-corrected chi connectivity index (χ1v) is 9.30. The van der Waals surface area contributed by atoms with Gasteiger partial charge in [-0.3, -0.25) is 0 Å². The van der Waals surface area contributed by atoms with Gasteiger partial charge in [0.2, 0.25) is 0 Å². The van der Waals surface area contributed by atoms with Crippen LogP contribution in [0.5, 0.6) is 0 Å². The fraction of sp³-hybridized carbons (Fsp3) is 0.667. The normalized spacial score (nSPS) is 22.9. The largest absolute Gasteiger partial charge is 0.453 e. The SMILES string of the molecule is Cc1cccc(C)c1C(=O)OC(C)C[N+](C)(C)C1CCC(C)CC1. The number of nitrogens with zero attached hydrogens (tertiary/aromatic N) is 1. The van der Waals surface area contributed by atoms with E-state index in [9.17, 15) is 4.79 Å². The van der Waals surface area contributed by atoms with Crippen LogP contribution in [0, 0.1) is 19.8 Å². The number of rotatable bonds is 5. The van der Waals surface area contributed by atoms with Gasteiger partial charge in [0.1, 0.15) is 12.6 Å². The van der Waals surface area contributed by atoms with Gasteiger partial charge in [0.25, 0.3) is 0 Å². The molecular formula is C21H34NO2+. The van der Waals surface area contributed by atoms with E-state index in [0.717, 1.165) is 33.6 Å². The minimum absolute atomic E-state index is 0.0779. The number of carbonyl (C=O) groups is 1. The summed E-state index contributed by atoms with van der Waals surface area (Å²) in [5, 5.41) is 0. The van der Waals surface area contributed by atoms with Crippen LogP contribution in [0.4, 0.5) is 0 Å². The number of benzene rings is 1. The van der Waals surface area contributed by atoms with Crippen LogP contribution in [0.15, 0.2) is 18.2 Å². The molecule has 3 heteroatoms. The van der Waals surface area contributed by atoms with Gasteiger partial charge >= 0.3 is 5.97 Å². The Labute approximate surface area is 147 Å². The van der Waals surface area contributed by atoms with Gasteiger partial charge in [-0.25, -0.2) is 4.79 Å². The van der Waals surface area contributed by atoms with Gasteiger partial charge in [-0.15, -0.1) is 0 Å². The van der Waals surface area contributed by atoms with E-state index >= 15 is 0 Å². The predicted octanol–water partition coefficient (Wildman–Crippen LogP) is 4.50. The number of aryl methyl sites for hydroxylation is 2. The number of hydrogen-bond donors (Lipinski definition) is 0. The van der Waals surface area contributed by atoms with Crippen LogP contribution in [0.2, 0.25) is 0 Å². The van der Waals surface area contributed by atoms with E-state index in [4.69, 9.17) is 4.74 Å². The van der Waals surface area contributed by atoms with E-state index in [2.05, 4.69) is 21.0 Å². The van der Waals surface area contributed by atoms with Gasteiger partial charge in [0, 0.05) is 0 Å². The Morgan fingerprint density at radius 1 is 1.17 bits per heavy atom. The van der Waals surface area contributed by atoms with Crippen LogP contribution in [0.25, 0.3) is 0 Å². The Bertz CT molecular complexity index is 551. The fourth-order valence-electron chi connectivity index (χ4n) is 4.17. The van der Waals surface area contributed by atoms with Crippen molar-refractivity contribution >= 4 is 5.97 Å². The van der Waals surface area contributed by atoms with Crippen molar-refractivity contribution in [3.05, 3.63) is 34.9 Å². The van der Waals surface area contributed by atoms with E-state index in [1.807, 2.05) is 39.0 Å². The molecule has 1 aromatic rings. The highest BCUT2D eigenvalue weighted by molar-refractivity contribution is 5.92. The number of hydrogen-bond acceptors (Lipinski definition) is 2. The van der Waals surface area contributed by atoms with Crippen LogP contribution in [-0.4, -0.2) is 43.2 Å². The summed E-state index contributed by atoms with van der Waals surface area (Å²) in [6, 6.07) is 6.60. The van der Waals surface area contributed by atoms with Gasteiger partial charge < -0.3 is 9.22 Å². The molecule has 1 aliphatic carbocycles. The van der Waals surface area contributed by atoms with Crippen LogP contribution in [0.1, 0.15) is 61.0 Å². The molecule has 1 aromatic carbocycles. The molecule has 0 aliphatic heterocycles. The lowest BCUT2D eigenvalue weighted by atomic mass is 9.86. The van der Waals surface area contributed by atoms with E-state index in [1.165, 1.54) is 25.7 Å². The lowest BCUT2D eigenvalue weighted by Crippen LogP contribution is -2.53. The van der Waals surface area contributed by atoms with E-state index in [0.29, 0.717) is 6.04 Å². The molecule has 1 fully saturated rings. The molecule has 1 unspecified atom stereocenters. The standard InChI is InChI=1S/C21H34NO2/c1-15-10-12-19(13-11-15)22(5,6)14-18(4)24-21(23)20-16(2)8-7-9-17(20)3/h7-9,15,18-19H,10-14H2,1-6H3/q+1. The maximum absolute atomic E-state index is 12.6. The molecule has 134 valence electrons. The molecule has 24 heavy (non-hydrogen) atoms. The molecule has 0 radical (unpaired) electrons. The zero-order valence-electron chi connectivity index (χ0n) is 16.3. The summed E-state index contributed by atoms with van der Waals surface area (Å²) in [4.78, 5) is 12.6. The van der Waals surface area contributed by atoms with E-state index in [1.54, 1.807) is 0 Å². The third-order valence-electron chi connectivity index (χ3n) is 5.70. The highest BCUT2D eigenvalue weighted by Gasteiger charge is 2.33. The van der Waals surface area contributed by atoms with Gasteiger partial charge in [-0.2, -0.15) is 0 Å². The van der Waals surface area contributed by atoms with Crippen molar-refractivity contribution in [2.24, 2.45) is 5.92 Å². The van der Waals surface area contributed by atoms with E-state index < -0.39 is 0 Å². The summed E-state index contributed by atoms with van der Waals surface area (Å²) in [6.45, 7) is 9.19. The molecule has 0 N–H and O–H groups in total. The van der Waals surface area contributed by atoms with E-state index in [-0.39, 0.29) is 12.1 Å². The lowest BCUT2D eigenvalue weighted by Gasteiger charge is -2.42. The molecular weight excluding hydrogens is 298 g/mol. The first-order chi connectivity index (χ1) is 11.2. The molecule has 0 heterocycles. The summed E-state index contributed by atoms with van der Waals surface area (Å²) < 4.78 is 6.73. The van der Waals surface area contributed by atoms with Crippen molar-refractivity contribution in [1.29, 1.82) is 0 Å². The second kappa shape index (κ2) is 7.69. The maximum Gasteiger partial charge on any atom is 0.339 e. The molecule has 1 atom stereocenters. The number of carbonyl (C=O) groups excluding carboxylic acids is 1. The molecule has 1 saturated carbocycles. The van der Waals surface area contributed by atoms with Gasteiger partial charge in [-0.1, -0.05) is 25.1 Å². The predicted molar refractivity (Wildman–Crippen MR) is 99.2 cm³/mol. The number of ether oxygens (including phenoxy) is 1. The molecule has 1 aliphatic rings. The van der Waals surface area contributed by atoms with Crippen molar-refractivity contribution in [3.8, 4) is 0 Å². The highest BCUT2D eigenvalue weighted by atomic mass is 16.5. The first kappa shape index (κ1) is 19.0. The molecule has 0 saturated heterocycles. The summed E-state index contributed by atoms with van der Waals surface area (Å²) in [6.07, 6.45) is 5.13. The maximum atomic E-state index is 12.6. The smallest absolute Gasteiger partial charge is 0.339 e. The average molecular weight is 333 g/mol. The molecule has 2 rings (SSSR count). The Kier molecular flexibility index (Phi) is 6.08.